The summed E-state index contributed by atoms with van der Waals surface area (Å²) >= 11 is 0. The Morgan fingerprint density at radius 2 is 1.92 bits per heavy atom. The monoisotopic (exact) mass is 559 g/mol. The van der Waals surface area contributed by atoms with E-state index in [0.717, 1.165) is 12.8 Å². The Bertz CT molecular complexity index is 1290. The van der Waals surface area contributed by atoms with Gasteiger partial charge in [-0.25, -0.2) is 8.42 Å². The standard InChI is InChI=1S/C28H37N3O7S/c1-18-15-31(19(2)17-32)27(33)14-21-13-22(29-28(34)20-5-6-20)7-12-25(21)38-26(18)16-30(3)39(35,36)24-10-8-23(37-4)9-11-24/h7-13,18-20,26,32H,5-6,14-17H2,1-4H3,(H,29,34)/t18-,19-,26-/m0/s1. The number of aliphatic hydroxyl groups excluding tert-OH is 1. The van der Waals surface area contributed by atoms with Crippen molar-refractivity contribution in [3.63, 3.8) is 0 Å². The number of amides is 2. The van der Waals surface area contributed by atoms with Crippen LogP contribution in [-0.2, 0) is 26.0 Å². The maximum Gasteiger partial charge on any atom is 0.242 e. The summed E-state index contributed by atoms with van der Waals surface area (Å²) in [6.45, 7) is 3.77. The maximum atomic E-state index is 13.4. The molecule has 0 aromatic heterocycles. The van der Waals surface area contributed by atoms with E-state index in [1.807, 2.05) is 6.92 Å². The lowest BCUT2D eigenvalue weighted by Crippen LogP contribution is -2.48. The van der Waals surface area contributed by atoms with Crippen LogP contribution >= 0.6 is 0 Å². The average Bonchev–Trinajstić information content (AvgIpc) is 3.77. The van der Waals surface area contributed by atoms with E-state index >= 15 is 0 Å². The first-order chi connectivity index (χ1) is 18.5. The van der Waals surface area contributed by atoms with Crippen molar-refractivity contribution < 1.29 is 32.6 Å². The summed E-state index contributed by atoms with van der Waals surface area (Å²) in [4.78, 5) is 27.4. The predicted molar refractivity (Wildman–Crippen MR) is 146 cm³/mol. The molecule has 2 aromatic carbocycles. The van der Waals surface area contributed by atoms with Crippen LogP contribution < -0.4 is 14.8 Å². The number of ether oxygens (including phenoxy) is 2. The summed E-state index contributed by atoms with van der Waals surface area (Å²) in [6, 6.07) is 10.9. The van der Waals surface area contributed by atoms with Gasteiger partial charge in [0.2, 0.25) is 21.8 Å². The molecule has 2 aromatic rings. The van der Waals surface area contributed by atoms with Gasteiger partial charge in [-0.15, -0.1) is 0 Å². The van der Waals surface area contributed by atoms with E-state index in [4.69, 9.17) is 9.47 Å². The molecule has 0 radical (unpaired) electrons. The molecule has 11 heteroatoms. The number of likely N-dealkylation sites (N-methyl/N-ethyl adjacent to an activating group) is 1. The topological polar surface area (TPSA) is 125 Å². The zero-order chi connectivity index (χ0) is 28.3. The highest BCUT2D eigenvalue weighted by molar-refractivity contribution is 7.89. The van der Waals surface area contributed by atoms with Crippen LogP contribution in [0.25, 0.3) is 0 Å². The van der Waals surface area contributed by atoms with Crippen LogP contribution in [0.5, 0.6) is 11.5 Å². The third-order valence-electron chi connectivity index (χ3n) is 7.34. The number of nitrogens with zero attached hydrogens (tertiary/aromatic N) is 2. The van der Waals surface area contributed by atoms with Gasteiger partial charge in [0.1, 0.15) is 17.6 Å². The molecule has 1 saturated carbocycles. The molecular weight excluding hydrogens is 522 g/mol. The van der Waals surface area contributed by atoms with E-state index in [2.05, 4.69) is 5.32 Å². The van der Waals surface area contributed by atoms with Crippen molar-refractivity contribution in [2.75, 3.05) is 39.2 Å². The van der Waals surface area contributed by atoms with Crippen molar-refractivity contribution in [1.29, 1.82) is 0 Å². The zero-order valence-electron chi connectivity index (χ0n) is 22.8. The fraction of sp³-hybridized carbons (Fsp3) is 0.500. The minimum atomic E-state index is -3.83. The molecule has 2 aliphatic rings. The second-order valence-corrected chi connectivity index (χ2v) is 12.5. The lowest BCUT2D eigenvalue weighted by Gasteiger charge is -2.33. The van der Waals surface area contributed by atoms with E-state index in [0.29, 0.717) is 22.7 Å². The van der Waals surface area contributed by atoms with Gasteiger partial charge >= 0.3 is 0 Å². The molecule has 1 aliphatic heterocycles. The minimum absolute atomic E-state index is 0.0201. The Morgan fingerprint density at radius 3 is 2.54 bits per heavy atom. The Labute approximate surface area is 229 Å². The fourth-order valence-electron chi connectivity index (χ4n) is 4.59. The van der Waals surface area contributed by atoms with Gasteiger partial charge in [-0.1, -0.05) is 6.92 Å². The number of sulfonamides is 1. The molecular formula is C28H37N3O7S. The van der Waals surface area contributed by atoms with Crippen molar-refractivity contribution >= 4 is 27.5 Å². The second-order valence-electron chi connectivity index (χ2n) is 10.4. The molecule has 0 unspecified atom stereocenters. The van der Waals surface area contributed by atoms with Crippen molar-refractivity contribution in [3.05, 3.63) is 48.0 Å². The average molecular weight is 560 g/mol. The molecule has 2 N–H and O–H groups in total. The Hall–Kier alpha value is -3.15. The zero-order valence-corrected chi connectivity index (χ0v) is 23.6. The lowest BCUT2D eigenvalue weighted by atomic mass is 10.0. The van der Waals surface area contributed by atoms with Crippen LogP contribution in [0.3, 0.4) is 0 Å². The van der Waals surface area contributed by atoms with Crippen molar-refractivity contribution in [2.24, 2.45) is 11.8 Å². The number of hydrogen-bond donors (Lipinski definition) is 2. The van der Waals surface area contributed by atoms with Crippen molar-refractivity contribution in [1.82, 2.24) is 9.21 Å². The molecule has 1 fully saturated rings. The van der Waals surface area contributed by atoms with Gasteiger partial charge in [-0.2, -0.15) is 4.31 Å². The van der Waals surface area contributed by atoms with Gasteiger partial charge in [0.25, 0.3) is 0 Å². The molecule has 1 aliphatic carbocycles. The van der Waals surface area contributed by atoms with Crippen LogP contribution in [-0.4, -0.2) is 80.5 Å². The summed E-state index contributed by atoms with van der Waals surface area (Å²) in [5.41, 5.74) is 1.16. The van der Waals surface area contributed by atoms with Crippen LogP contribution in [0.2, 0.25) is 0 Å². The van der Waals surface area contributed by atoms with Crippen LogP contribution in [0.4, 0.5) is 5.69 Å². The summed E-state index contributed by atoms with van der Waals surface area (Å²) in [6.07, 6.45) is 1.16. The Balaban J connectivity index is 1.63. The first-order valence-corrected chi connectivity index (χ1v) is 14.6. The largest absolute Gasteiger partial charge is 0.497 e. The van der Waals surface area contributed by atoms with Gasteiger partial charge in [-0.3, -0.25) is 9.59 Å². The number of methoxy groups -OCH3 is 1. The highest BCUT2D eigenvalue weighted by Gasteiger charge is 2.34. The normalized spacial score (nSPS) is 20.8. The Morgan fingerprint density at radius 1 is 1.23 bits per heavy atom. The number of aliphatic hydroxyl groups is 1. The van der Waals surface area contributed by atoms with Crippen molar-refractivity contribution in [2.45, 2.75) is 50.2 Å². The summed E-state index contributed by atoms with van der Waals surface area (Å²) < 4.78 is 39.5. The number of benzene rings is 2. The van der Waals surface area contributed by atoms with Crippen LogP contribution in [0.1, 0.15) is 32.3 Å². The Kier molecular flexibility index (Phi) is 8.83. The minimum Gasteiger partial charge on any atom is -0.497 e. The van der Waals surface area contributed by atoms with Gasteiger partial charge in [0.05, 0.1) is 37.6 Å². The molecule has 1 heterocycles. The van der Waals surface area contributed by atoms with E-state index in [1.165, 1.54) is 30.6 Å². The van der Waals surface area contributed by atoms with E-state index in [9.17, 15) is 23.1 Å². The van der Waals surface area contributed by atoms with Crippen LogP contribution in [0, 0.1) is 11.8 Å². The number of nitrogens with one attached hydrogen (secondary N) is 1. The quantitative estimate of drug-likeness (QED) is 0.484. The molecule has 4 rings (SSSR count). The summed E-state index contributed by atoms with van der Waals surface area (Å²) in [7, 11) is -0.820. The first kappa shape index (κ1) is 28.8. The molecule has 39 heavy (non-hydrogen) atoms. The van der Waals surface area contributed by atoms with Crippen molar-refractivity contribution in [3.8, 4) is 11.5 Å². The number of rotatable bonds is 9. The lowest BCUT2D eigenvalue weighted by molar-refractivity contribution is -0.134. The molecule has 3 atom stereocenters. The maximum absolute atomic E-state index is 13.4. The molecule has 0 saturated heterocycles. The number of anilines is 1. The van der Waals surface area contributed by atoms with E-state index < -0.39 is 22.2 Å². The fourth-order valence-corrected chi connectivity index (χ4v) is 5.78. The van der Waals surface area contributed by atoms with Gasteiger partial charge < -0.3 is 24.8 Å². The third kappa shape index (κ3) is 6.71. The third-order valence-corrected chi connectivity index (χ3v) is 9.17. The second kappa shape index (κ2) is 11.9. The highest BCUT2D eigenvalue weighted by atomic mass is 32.2. The van der Waals surface area contributed by atoms with Crippen LogP contribution in [0.15, 0.2) is 47.4 Å². The van der Waals surface area contributed by atoms with E-state index in [-0.39, 0.29) is 54.7 Å². The number of fused-ring (bicyclic) bond motifs is 1. The van der Waals surface area contributed by atoms with Gasteiger partial charge in [0.15, 0.2) is 0 Å². The molecule has 0 spiro atoms. The van der Waals surface area contributed by atoms with Gasteiger partial charge in [-0.05, 0) is 62.2 Å². The number of carbonyl (C=O) groups excluding carboxylic acids is 2. The number of hydrogen-bond acceptors (Lipinski definition) is 7. The first-order valence-electron chi connectivity index (χ1n) is 13.1. The highest BCUT2D eigenvalue weighted by Crippen LogP contribution is 2.33. The van der Waals surface area contributed by atoms with Gasteiger partial charge in [0, 0.05) is 36.7 Å². The molecule has 2 amide bonds. The molecule has 10 nitrogen and oxygen atoms in total. The summed E-state index contributed by atoms with van der Waals surface area (Å²) in [5, 5.41) is 12.7. The summed E-state index contributed by atoms with van der Waals surface area (Å²) in [5.74, 6) is 0.547. The molecule has 212 valence electrons. The van der Waals surface area contributed by atoms with E-state index in [1.54, 1.807) is 42.2 Å². The predicted octanol–water partition coefficient (Wildman–Crippen LogP) is 2.51. The molecule has 0 bridgehead atoms. The SMILES string of the molecule is COc1ccc(S(=O)(=O)N(C)C[C@@H]2Oc3ccc(NC(=O)C4CC4)cc3CC(=O)N([C@@H](C)CO)C[C@@H]2C)cc1. The smallest absolute Gasteiger partial charge is 0.242 e. The number of carbonyl (C=O) groups is 2.